The molecule has 10 nitrogen and oxygen atoms in total. The molecule has 3 heterocycles. The third-order valence-corrected chi connectivity index (χ3v) is 9.95. The lowest BCUT2D eigenvalue weighted by Crippen LogP contribution is -2.47. The highest BCUT2D eigenvalue weighted by atomic mass is 16.5. The van der Waals surface area contributed by atoms with Gasteiger partial charge in [-0.2, -0.15) is 0 Å². The molecule has 4 aromatic rings. The molecular formula is C39H51N7O3. The summed E-state index contributed by atoms with van der Waals surface area (Å²) in [5.41, 5.74) is 3.48. The summed E-state index contributed by atoms with van der Waals surface area (Å²) in [6.07, 6.45) is 9.66. The molecule has 0 unspecified atom stereocenters. The third-order valence-electron chi connectivity index (χ3n) is 9.95. The summed E-state index contributed by atoms with van der Waals surface area (Å²) in [6, 6.07) is 22.4. The number of nitrogens with zero attached hydrogens (tertiary/aromatic N) is 7. The van der Waals surface area contributed by atoms with Gasteiger partial charge in [0.1, 0.15) is 49.0 Å². The molecular weight excluding hydrogens is 614 g/mol. The molecule has 0 radical (unpaired) electrons. The Morgan fingerprint density at radius 2 is 1.51 bits per heavy atom. The summed E-state index contributed by atoms with van der Waals surface area (Å²) in [7, 11) is 2.01. The number of anilines is 2. The second kappa shape index (κ2) is 17.4. The highest BCUT2D eigenvalue weighted by Gasteiger charge is 2.30. The number of hydrogen-bond donors (Lipinski definition) is 1. The molecule has 1 saturated heterocycles. The molecule has 49 heavy (non-hydrogen) atoms. The lowest BCUT2D eigenvalue weighted by atomic mass is 9.80. The van der Waals surface area contributed by atoms with Crippen LogP contribution in [0.5, 0.6) is 11.5 Å². The first-order valence-electron chi connectivity index (χ1n) is 17.9. The number of aryl methyl sites for hydroxylation is 1. The van der Waals surface area contributed by atoms with Crippen LogP contribution in [0, 0.1) is 0 Å². The van der Waals surface area contributed by atoms with Crippen molar-refractivity contribution in [1.29, 1.82) is 0 Å². The van der Waals surface area contributed by atoms with Gasteiger partial charge >= 0.3 is 0 Å². The predicted molar refractivity (Wildman–Crippen MR) is 194 cm³/mol. The first-order chi connectivity index (χ1) is 24.1. The molecule has 7 rings (SSSR count). The van der Waals surface area contributed by atoms with Gasteiger partial charge in [-0.3, -0.25) is 4.90 Å². The summed E-state index contributed by atoms with van der Waals surface area (Å²) in [5, 5.41) is 9.45. The van der Waals surface area contributed by atoms with Crippen molar-refractivity contribution >= 4 is 11.6 Å². The molecule has 10 heteroatoms. The Labute approximate surface area is 291 Å². The number of benzene rings is 2. The summed E-state index contributed by atoms with van der Waals surface area (Å²) in [4.78, 5) is 24.6. The highest BCUT2D eigenvalue weighted by Crippen LogP contribution is 2.37. The first-order valence-corrected chi connectivity index (χ1v) is 17.9. The molecule has 0 amide bonds. The Kier molecular flexibility index (Phi) is 12.3. The second-order valence-corrected chi connectivity index (χ2v) is 13.3. The normalized spacial score (nSPS) is 19.2. The van der Waals surface area contributed by atoms with Crippen LogP contribution in [0.25, 0.3) is 0 Å². The molecule has 3 fully saturated rings. The molecule has 3 aliphatic rings. The summed E-state index contributed by atoms with van der Waals surface area (Å²) in [5.74, 6) is 4.93. The third kappa shape index (κ3) is 9.67. The molecule has 0 bridgehead atoms. The molecule has 2 aromatic heterocycles. The first kappa shape index (κ1) is 34.6. The molecule has 0 atom stereocenters. The standard InChI is InChI=1S/C20H26N4O.C19H25N3O2/c1-2-7-18(8-3-1)25-14-13-23-9-11-24(12-10-23)20-15-19(21-16-22-20)17-5-4-6-17;1-3-14-6-4-5-7-18(14)24-9-8-22(2)19-12-17(20-13-21-19)15-10-16(23)11-15/h1-3,7-8,15-17H,4-6,9-14H2;4-7,12-13,15-16,23H,3,8-11H2,1-2H3. The molecule has 1 aliphatic heterocycles. The molecule has 0 spiro atoms. The number of likely N-dealkylation sites (N-methyl/N-ethyl adjacent to an activating group) is 1. The predicted octanol–water partition coefficient (Wildman–Crippen LogP) is 5.74. The number of aliphatic hydroxyl groups is 1. The van der Waals surface area contributed by atoms with E-state index in [1.165, 1.54) is 30.5 Å². The zero-order valence-electron chi connectivity index (χ0n) is 29.0. The van der Waals surface area contributed by atoms with Gasteiger partial charge in [0.05, 0.1) is 12.6 Å². The maximum Gasteiger partial charge on any atom is 0.132 e. The molecule has 2 saturated carbocycles. The van der Waals surface area contributed by atoms with Crippen LogP contribution in [0.1, 0.15) is 67.8 Å². The van der Waals surface area contributed by atoms with E-state index in [-0.39, 0.29) is 6.10 Å². The van der Waals surface area contributed by atoms with Gasteiger partial charge < -0.3 is 24.4 Å². The number of para-hydroxylation sites is 2. The van der Waals surface area contributed by atoms with Gasteiger partial charge in [-0.25, -0.2) is 19.9 Å². The van der Waals surface area contributed by atoms with Crippen LogP contribution in [0.3, 0.4) is 0 Å². The van der Waals surface area contributed by atoms with Gasteiger partial charge in [0.25, 0.3) is 0 Å². The lowest BCUT2D eigenvalue weighted by molar-refractivity contribution is 0.0732. The van der Waals surface area contributed by atoms with E-state index in [1.807, 2.05) is 61.6 Å². The second-order valence-electron chi connectivity index (χ2n) is 13.3. The van der Waals surface area contributed by atoms with E-state index >= 15 is 0 Å². The topological polar surface area (TPSA) is 100.0 Å². The number of ether oxygens (including phenoxy) is 2. The average Bonchev–Trinajstić information content (AvgIpc) is 3.11. The highest BCUT2D eigenvalue weighted by molar-refractivity contribution is 5.41. The Balaban J connectivity index is 0.000000170. The van der Waals surface area contributed by atoms with Gasteiger partial charge in [-0.15, -0.1) is 0 Å². The summed E-state index contributed by atoms with van der Waals surface area (Å²) < 4.78 is 11.7. The van der Waals surface area contributed by atoms with E-state index in [1.54, 1.807) is 12.7 Å². The Hall–Kier alpha value is -4.28. The molecule has 2 aromatic carbocycles. The fourth-order valence-electron chi connectivity index (χ4n) is 6.44. The summed E-state index contributed by atoms with van der Waals surface area (Å²) in [6.45, 7) is 9.36. The van der Waals surface area contributed by atoms with Crippen LogP contribution in [0.2, 0.25) is 0 Å². The van der Waals surface area contributed by atoms with Gasteiger partial charge in [-0.05, 0) is 55.9 Å². The number of aliphatic hydroxyl groups excluding tert-OH is 1. The maximum absolute atomic E-state index is 9.45. The van der Waals surface area contributed by atoms with Gasteiger partial charge in [0.2, 0.25) is 0 Å². The lowest BCUT2D eigenvalue weighted by Gasteiger charge is -2.35. The van der Waals surface area contributed by atoms with E-state index in [4.69, 9.17) is 9.47 Å². The van der Waals surface area contributed by atoms with E-state index in [9.17, 15) is 5.11 Å². The zero-order chi connectivity index (χ0) is 33.8. The van der Waals surface area contributed by atoms with E-state index in [0.717, 1.165) is 94.0 Å². The molecule has 260 valence electrons. The van der Waals surface area contributed by atoms with E-state index in [0.29, 0.717) is 18.4 Å². The quantitative estimate of drug-likeness (QED) is 0.190. The van der Waals surface area contributed by atoms with Gasteiger partial charge in [0, 0.05) is 75.1 Å². The number of aromatic nitrogens is 4. The van der Waals surface area contributed by atoms with E-state index < -0.39 is 0 Å². The van der Waals surface area contributed by atoms with Crippen LogP contribution >= 0.6 is 0 Å². The Morgan fingerprint density at radius 3 is 2.22 bits per heavy atom. The Bertz CT molecular complexity index is 1570. The van der Waals surface area contributed by atoms with Crippen molar-refractivity contribution in [1.82, 2.24) is 24.8 Å². The van der Waals surface area contributed by atoms with E-state index in [2.05, 4.69) is 53.7 Å². The number of rotatable bonds is 13. The van der Waals surface area contributed by atoms with Crippen molar-refractivity contribution in [2.75, 3.05) is 69.3 Å². The zero-order valence-corrected chi connectivity index (χ0v) is 29.0. The van der Waals surface area contributed by atoms with Gasteiger partial charge in [0.15, 0.2) is 0 Å². The van der Waals surface area contributed by atoms with Crippen molar-refractivity contribution in [3.8, 4) is 11.5 Å². The number of piperazine rings is 1. The molecule has 1 N–H and O–H groups in total. The van der Waals surface area contributed by atoms with Crippen molar-refractivity contribution in [2.45, 2.75) is 63.4 Å². The van der Waals surface area contributed by atoms with Gasteiger partial charge in [-0.1, -0.05) is 49.7 Å². The maximum atomic E-state index is 9.45. The van der Waals surface area contributed by atoms with Crippen LogP contribution in [0.15, 0.2) is 79.4 Å². The van der Waals surface area contributed by atoms with Crippen LogP contribution in [0.4, 0.5) is 11.6 Å². The number of hydrogen-bond acceptors (Lipinski definition) is 10. The van der Waals surface area contributed by atoms with Crippen molar-refractivity contribution < 1.29 is 14.6 Å². The SMILES string of the molecule is CCc1ccccc1OCCN(C)c1cc(C2CC(O)C2)ncn1.c1ccc(OCCN2CCN(c3cc(C4CCC4)ncn3)CC2)cc1. The fourth-order valence-corrected chi connectivity index (χ4v) is 6.44. The monoisotopic (exact) mass is 665 g/mol. The average molecular weight is 666 g/mol. The van der Waals surface area contributed by atoms with Crippen LogP contribution < -0.4 is 19.3 Å². The smallest absolute Gasteiger partial charge is 0.132 e. The van der Waals surface area contributed by atoms with Crippen molar-refractivity contribution in [3.05, 3.63) is 96.3 Å². The minimum absolute atomic E-state index is 0.168. The van der Waals surface area contributed by atoms with Crippen molar-refractivity contribution in [2.24, 2.45) is 0 Å². The minimum atomic E-state index is -0.168. The summed E-state index contributed by atoms with van der Waals surface area (Å²) >= 11 is 0. The largest absolute Gasteiger partial charge is 0.492 e. The van der Waals surface area contributed by atoms with Crippen LogP contribution in [-0.2, 0) is 6.42 Å². The van der Waals surface area contributed by atoms with Crippen molar-refractivity contribution in [3.63, 3.8) is 0 Å². The Morgan fingerprint density at radius 1 is 0.796 bits per heavy atom. The van der Waals surface area contributed by atoms with Crippen LogP contribution in [-0.4, -0.2) is 95.6 Å². The molecule has 2 aliphatic carbocycles. The minimum Gasteiger partial charge on any atom is -0.492 e. The fraction of sp³-hybridized carbons (Fsp3) is 0.487.